The minimum Gasteiger partial charge on any atom is -0.462 e. The Morgan fingerprint density at radius 2 is 0.828 bits per heavy atom. The maximum atomic E-state index is 13.0. The van der Waals surface area contributed by atoms with Crippen molar-refractivity contribution in [3.63, 3.8) is 0 Å². The molecule has 0 amide bonds. The average Bonchev–Trinajstić information content (AvgIpc) is 3.23. The van der Waals surface area contributed by atoms with E-state index < -0.39 is 29.8 Å². The fourth-order valence-electron chi connectivity index (χ4n) is 5.92. The molecule has 5 aromatic rings. The number of benzene rings is 5. The molecule has 0 fully saturated rings. The number of ether oxygens (including phenoxy) is 5. The first-order valence-corrected chi connectivity index (χ1v) is 19.7. The summed E-state index contributed by atoms with van der Waals surface area (Å²) in [6.45, 7) is 6.20. The third-order valence-electron chi connectivity index (χ3n) is 9.02. The summed E-state index contributed by atoms with van der Waals surface area (Å²) in [6.07, 6.45) is 5.23. The maximum Gasteiger partial charge on any atom is 0.343 e. The predicted octanol–water partition coefficient (Wildman–Crippen LogP) is 9.67. The summed E-state index contributed by atoms with van der Waals surface area (Å²) in [4.78, 5) is 63.8. The quantitative estimate of drug-likeness (QED) is 0.0589. The highest BCUT2D eigenvalue weighted by atomic mass is 16.6. The van der Waals surface area contributed by atoms with Gasteiger partial charge in [0.15, 0.2) is 0 Å². The van der Waals surface area contributed by atoms with Crippen LogP contribution in [0.3, 0.4) is 0 Å². The van der Waals surface area contributed by atoms with Crippen LogP contribution < -0.4 is 18.9 Å². The van der Waals surface area contributed by atoms with Gasteiger partial charge in [-0.3, -0.25) is 9.59 Å². The molecule has 0 aromatic heterocycles. The van der Waals surface area contributed by atoms with Crippen LogP contribution in [0.2, 0.25) is 0 Å². The molecule has 5 aromatic carbocycles. The molecule has 300 valence electrons. The first-order chi connectivity index (χ1) is 28.1. The van der Waals surface area contributed by atoms with Crippen molar-refractivity contribution >= 4 is 29.8 Å². The highest BCUT2D eigenvalue weighted by Crippen LogP contribution is 2.27. The summed E-state index contributed by atoms with van der Waals surface area (Å²) in [5.41, 5.74) is 4.83. The molecule has 0 unspecified atom stereocenters. The van der Waals surface area contributed by atoms with Gasteiger partial charge >= 0.3 is 29.8 Å². The standard InChI is InChI=1S/C48H48O10/c1-4-7-33-9-19-37(20-10-33)46(51)56-39-23-13-35(14-24-39)17-29-44(49)55-41-27-28-43(42(32-41)48(53)54-31-6-3)58-45(50)30-18-36-15-25-40(26-16-36)57-47(52)38-21-11-34(8-5-2)12-22-38/h9-16,19-28,32H,4-8,17-18,29-31H2,1-3H3. The lowest BCUT2D eigenvalue weighted by Crippen LogP contribution is -2.15. The lowest BCUT2D eigenvalue weighted by atomic mass is 10.1. The molecule has 0 radical (unpaired) electrons. The lowest BCUT2D eigenvalue weighted by Gasteiger charge is -2.12. The molecule has 0 N–H and O–H groups in total. The van der Waals surface area contributed by atoms with E-state index in [4.69, 9.17) is 23.7 Å². The molecule has 0 aliphatic carbocycles. The van der Waals surface area contributed by atoms with Gasteiger partial charge in [-0.2, -0.15) is 0 Å². The Hall–Kier alpha value is -6.55. The summed E-state index contributed by atoms with van der Waals surface area (Å²) in [7, 11) is 0. The third-order valence-corrected chi connectivity index (χ3v) is 9.02. The lowest BCUT2D eigenvalue weighted by molar-refractivity contribution is -0.135. The summed E-state index contributed by atoms with van der Waals surface area (Å²) >= 11 is 0. The maximum absolute atomic E-state index is 13.0. The zero-order chi connectivity index (χ0) is 41.3. The van der Waals surface area contributed by atoms with E-state index in [1.54, 1.807) is 72.8 Å². The number of rotatable bonds is 19. The molecule has 0 saturated carbocycles. The molecule has 0 heterocycles. The van der Waals surface area contributed by atoms with Crippen molar-refractivity contribution in [1.29, 1.82) is 0 Å². The minimum atomic E-state index is -0.723. The molecule has 0 aliphatic heterocycles. The van der Waals surface area contributed by atoms with Crippen molar-refractivity contribution in [3.05, 3.63) is 154 Å². The normalized spacial score (nSPS) is 10.7. The Morgan fingerprint density at radius 3 is 1.28 bits per heavy atom. The van der Waals surface area contributed by atoms with Crippen molar-refractivity contribution in [2.45, 2.75) is 78.6 Å². The average molecular weight is 785 g/mol. The van der Waals surface area contributed by atoms with Gasteiger partial charge in [0.1, 0.15) is 28.6 Å². The van der Waals surface area contributed by atoms with Gasteiger partial charge in [0.2, 0.25) is 0 Å². The Balaban J connectivity index is 1.11. The van der Waals surface area contributed by atoms with E-state index in [0.717, 1.165) is 47.9 Å². The summed E-state index contributed by atoms with van der Waals surface area (Å²) in [5, 5.41) is 0. The zero-order valence-electron chi connectivity index (χ0n) is 33.1. The topological polar surface area (TPSA) is 132 Å². The molecular weight excluding hydrogens is 737 g/mol. The number of aryl methyl sites for hydroxylation is 4. The smallest absolute Gasteiger partial charge is 0.343 e. The fourth-order valence-corrected chi connectivity index (χ4v) is 5.92. The van der Waals surface area contributed by atoms with Gasteiger partial charge in [0, 0.05) is 12.8 Å². The second-order valence-corrected chi connectivity index (χ2v) is 13.7. The van der Waals surface area contributed by atoms with E-state index in [1.165, 1.54) is 18.2 Å². The fraction of sp³-hybridized carbons (Fsp3) is 0.271. The van der Waals surface area contributed by atoms with Crippen LogP contribution in [-0.2, 0) is 40.0 Å². The van der Waals surface area contributed by atoms with Gasteiger partial charge in [0.05, 0.1) is 17.7 Å². The van der Waals surface area contributed by atoms with E-state index in [0.29, 0.717) is 41.9 Å². The molecule has 10 nitrogen and oxygen atoms in total. The second-order valence-electron chi connectivity index (χ2n) is 13.7. The molecule has 5 rings (SSSR count). The van der Waals surface area contributed by atoms with Gasteiger partial charge in [-0.25, -0.2) is 14.4 Å². The van der Waals surface area contributed by atoms with Crippen LogP contribution in [0.15, 0.2) is 115 Å². The van der Waals surface area contributed by atoms with E-state index in [9.17, 15) is 24.0 Å². The van der Waals surface area contributed by atoms with Crippen LogP contribution in [0.25, 0.3) is 0 Å². The van der Waals surface area contributed by atoms with Crippen LogP contribution >= 0.6 is 0 Å². The summed E-state index contributed by atoms with van der Waals surface area (Å²) in [5.74, 6) is -1.93. The first kappa shape index (κ1) is 42.6. The largest absolute Gasteiger partial charge is 0.462 e. The van der Waals surface area contributed by atoms with Crippen LogP contribution in [-0.4, -0.2) is 36.5 Å². The number of hydrogen-bond acceptors (Lipinski definition) is 10. The predicted molar refractivity (Wildman–Crippen MR) is 219 cm³/mol. The van der Waals surface area contributed by atoms with Crippen LogP contribution in [0.1, 0.15) is 106 Å². The van der Waals surface area contributed by atoms with Gasteiger partial charge in [0.25, 0.3) is 0 Å². The van der Waals surface area contributed by atoms with Crippen LogP contribution in [0.5, 0.6) is 23.0 Å². The van der Waals surface area contributed by atoms with Gasteiger partial charge in [-0.1, -0.05) is 82.1 Å². The molecule has 10 heteroatoms. The molecule has 0 bridgehead atoms. The third kappa shape index (κ3) is 13.0. The number of carbonyl (C=O) groups is 5. The first-order valence-electron chi connectivity index (χ1n) is 19.7. The summed E-state index contributed by atoms with van der Waals surface area (Å²) in [6, 6.07) is 32.6. The van der Waals surface area contributed by atoms with E-state index in [-0.39, 0.29) is 36.5 Å². The molecule has 0 saturated heterocycles. The molecular formula is C48H48O10. The Labute approximate surface area is 339 Å². The van der Waals surface area contributed by atoms with E-state index in [1.807, 2.05) is 31.2 Å². The number of hydrogen-bond donors (Lipinski definition) is 0. The van der Waals surface area contributed by atoms with Gasteiger partial charge in [-0.05, 0) is 121 Å². The highest BCUT2D eigenvalue weighted by Gasteiger charge is 2.20. The van der Waals surface area contributed by atoms with Crippen molar-refractivity contribution < 1.29 is 47.7 Å². The zero-order valence-corrected chi connectivity index (χ0v) is 33.1. The van der Waals surface area contributed by atoms with Crippen molar-refractivity contribution in [2.75, 3.05) is 6.61 Å². The molecule has 0 aliphatic rings. The highest BCUT2D eigenvalue weighted by molar-refractivity contribution is 5.94. The Bertz CT molecular complexity index is 2150. The van der Waals surface area contributed by atoms with E-state index in [2.05, 4.69) is 13.8 Å². The SMILES string of the molecule is CCCOC(=O)c1cc(OC(=O)CCc2ccc(OC(=O)c3ccc(CCC)cc3)cc2)ccc1OC(=O)CCc1ccc(OC(=O)c2ccc(CCC)cc2)cc1. The minimum absolute atomic E-state index is 0.000245. The van der Waals surface area contributed by atoms with Crippen molar-refractivity contribution in [3.8, 4) is 23.0 Å². The molecule has 58 heavy (non-hydrogen) atoms. The Morgan fingerprint density at radius 1 is 0.414 bits per heavy atom. The Kier molecular flexibility index (Phi) is 15.9. The molecule has 0 spiro atoms. The van der Waals surface area contributed by atoms with Crippen LogP contribution in [0.4, 0.5) is 0 Å². The number of carbonyl (C=O) groups excluding carboxylic acids is 5. The van der Waals surface area contributed by atoms with Gasteiger partial charge in [-0.15, -0.1) is 0 Å². The summed E-state index contributed by atoms with van der Waals surface area (Å²) < 4.78 is 27.4. The monoisotopic (exact) mass is 784 g/mol. The van der Waals surface area contributed by atoms with Crippen LogP contribution in [0, 0.1) is 0 Å². The van der Waals surface area contributed by atoms with Gasteiger partial charge < -0.3 is 23.7 Å². The van der Waals surface area contributed by atoms with Crippen molar-refractivity contribution in [2.24, 2.45) is 0 Å². The number of esters is 5. The van der Waals surface area contributed by atoms with Crippen molar-refractivity contribution in [1.82, 2.24) is 0 Å². The second kappa shape index (κ2) is 21.7. The van der Waals surface area contributed by atoms with E-state index >= 15 is 0 Å². The molecule has 0 atom stereocenters.